The van der Waals surface area contributed by atoms with Crippen LogP contribution in [0.5, 0.6) is 5.75 Å². The van der Waals surface area contributed by atoms with Crippen LogP contribution in [0.25, 0.3) is 0 Å². The average molecular weight is 349 g/mol. The van der Waals surface area contributed by atoms with Crippen molar-refractivity contribution < 1.29 is 14.6 Å². The Hall–Kier alpha value is -3.87. The van der Waals surface area contributed by atoms with Gasteiger partial charge in [0, 0.05) is 23.0 Å². The van der Waals surface area contributed by atoms with Gasteiger partial charge in [0.15, 0.2) is 0 Å². The number of anilines is 2. The fraction of sp³-hybridized carbons (Fsp3) is 0. The first-order valence-corrected chi connectivity index (χ1v) is 7.76. The molecule has 0 unspecified atom stereocenters. The summed E-state index contributed by atoms with van der Waals surface area (Å²) in [7, 11) is 0. The molecule has 1 amide bonds. The fourth-order valence-corrected chi connectivity index (χ4v) is 2.25. The maximum absolute atomic E-state index is 12.1. The molecule has 0 bridgehead atoms. The van der Waals surface area contributed by atoms with Gasteiger partial charge in [-0.05, 0) is 42.5 Å². The lowest BCUT2D eigenvalue weighted by atomic mass is 10.2. The summed E-state index contributed by atoms with van der Waals surface area (Å²) in [5.74, 6) is -0.539. The molecule has 0 radical (unpaired) electrons. The van der Waals surface area contributed by atoms with E-state index in [0.29, 0.717) is 5.56 Å². The Morgan fingerprint density at radius 2 is 1.46 bits per heavy atom. The summed E-state index contributed by atoms with van der Waals surface area (Å²) in [6.45, 7) is 0. The van der Waals surface area contributed by atoms with E-state index in [9.17, 15) is 14.9 Å². The topological polar surface area (TPSA) is 93.5 Å². The van der Waals surface area contributed by atoms with Crippen molar-refractivity contribution in [1.29, 1.82) is 0 Å². The van der Waals surface area contributed by atoms with Gasteiger partial charge in [-0.15, -0.1) is 0 Å². The van der Waals surface area contributed by atoms with Gasteiger partial charge in [0.1, 0.15) is 0 Å². The number of carbonyl (C=O) groups excluding carboxylic acids is 1. The van der Waals surface area contributed by atoms with Crippen LogP contribution in [0.4, 0.5) is 17.1 Å². The van der Waals surface area contributed by atoms with E-state index < -0.39 is 10.8 Å². The van der Waals surface area contributed by atoms with Crippen LogP contribution in [0.15, 0.2) is 78.9 Å². The number of nitro groups is 1. The highest BCUT2D eigenvalue weighted by Gasteiger charge is 2.15. The van der Waals surface area contributed by atoms with Crippen LogP contribution in [0, 0.1) is 10.1 Å². The molecule has 0 saturated carbocycles. The van der Waals surface area contributed by atoms with Crippen LogP contribution in [0.3, 0.4) is 0 Å². The van der Waals surface area contributed by atoms with Crippen LogP contribution in [0.1, 0.15) is 10.4 Å². The zero-order valence-electron chi connectivity index (χ0n) is 13.6. The number of benzene rings is 3. The number of nitrogens with zero attached hydrogens (tertiary/aromatic N) is 1. The van der Waals surface area contributed by atoms with E-state index in [1.807, 2.05) is 30.3 Å². The number of carbonyl (C=O) groups is 1. The number of rotatable bonds is 6. The van der Waals surface area contributed by atoms with Crippen molar-refractivity contribution in [2.24, 2.45) is 0 Å². The molecule has 3 aromatic carbocycles. The van der Waals surface area contributed by atoms with E-state index >= 15 is 0 Å². The minimum atomic E-state index is -0.578. The molecule has 26 heavy (non-hydrogen) atoms. The van der Waals surface area contributed by atoms with Crippen LogP contribution in [-0.4, -0.2) is 10.8 Å². The molecule has 0 saturated heterocycles. The fourth-order valence-electron chi connectivity index (χ4n) is 2.25. The molecular weight excluding hydrogens is 334 g/mol. The van der Waals surface area contributed by atoms with Crippen molar-refractivity contribution in [2.75, 3.05) is 5.32 Å². The first kappa shape index (κ1) is 17.0. The molecule has 0 atom stereocenters. The monoisotopic (exact) mass is 349 g/mol. The molecule has 0 aliphatic heterocycles. The molecule has 3 aromatic rings. The lowest BCUT2D eigenvalue weighted by Crippen LogP contribution is -2.27. The van der Waals surface area contributed by atoms with E-state index in [0.717, 1.165) is 11.4 Å². The predicted octanol–water partition coefficient (Wildman–Crippen LogP) is 4.06. The molecular formula is C19H15N3O4. The standard InChI is InChI=1S/C19H15N3O4/c23-19(21-26-18-9-5-4-8-17(18)22(24)25)14-10-12-16(13-11-14)20-15-6-2-1-3-7-15/h1-13,20H,(H,21,23). The number of hydrogen-bond donors (Lipinski definition) is 2. The second-order valence-electron chi connectivity index (χ2n) is 5.33. The lowest BCUT2D eigenvalue weighted by molar-refractivity contribution is -0.386. The minimum Gasteiger partial charge on any atom is -0.372 e. The van der Waals surface area contributed by atoms with Crippen molar-refractivity contribution in [2.45, 2.75) is 0 Å². The molecule has 0 spiro atoms. The van der Waals surface area contributed by atoms with Gasteiger partial charge in [0.2, 0.25) is 5.75 Å². The quantitative estimate of drug-likeness (QED) is 0.517. The second-order valence-corrected chi connectivity index (χ2v) is 5.33. The van der Waals surface area contributed by atoms with Gasteiger partial charge >= 0.3 is 5.69 Å². The van der Waals surface area contributed by atoms with Crippen molar-refractivity contribution in [1.82, 2.24) is 5.48 Å². The molecule has 0 aliphatic rings. The van der Waals surface area contributed by atoms with Gasteiger partial charge in [-0.1, -0.05) is 30.3 Å². The highest BCUT2D eigenvalue weighted by molar-refractivity contribution is 5.94. The summed E-state index contributed by atoms with van der Waals surface area (Å²) in [5.41, 5.74) is 4.11. The minimum absolute atomic E-state index is 0.0341. The lowest BCUT2D eigenvalue weighted by Gasteiger charge is -2.09. The third kappa shape index (κ3) is 4.15. The van der Waals surface area contributed by atoms with E-state index in [1.165, 1.54) is 18.2 Å². The second kappa shape index (κ2) is 7.80. The number of amides is 1. The molecule has 7 heteroatoms. The smallest absolute Gasteiger partial charge is 0.314 e. The van der Waals surface area contributed by atoms with Crippen molar-refractivity contribution >= 4 is 23.0 Å². The maximum atomic E-state index is 12.1. The SMILES string of the molecule is O=C(NOc1ccccc1[N+](=O)[O-])c1ccc(Nc2ccccc2)cc1. The Labute approximate surface area is 149 Å². The third-order valence-corrected chi connectivity index (χ3v) is 3.53. The summed E-state index contributed by atoms with van der Waals surface area (Å²) >= 11 is 0. The zero-order chi connectivity index (χ0) is 18.4. The molecule has 3 rings (SSSR count). The number of hydrogen-bond acceptors (Lipinski definition) is 5. The van der Waals surface area contributed by atoms with Gasteiger partial charge < -0.3 is 10.2 Å². The summed E-state index contributed by atoms with van der Waals surface area (Å²) in [6, 6.07) is 22.2. The molecule has 0 aromatic heterocycles. The first-order chi connectivity index (χ1) is 12.6. The largest absolute Gasteiger partial charge is 0.372 e. The maximum Gasteiger partial charge on any atom is 0.314 e. The average Bonchev–Trinajstić information content (AvgIpc) is 2.67. The molecule has 0 aliphatic carbocycles. The Bertz CT molecular complexity index is 912. The van der Waals surface area contributed by atoms with Crippen molar-refractivity contribution in [3.63, 3.8) is 0 Å². The van der Waals surface area contributed by atoms with Crippen molar-refractivity contribution in [3.05, 3.63) is 94.5 Å². The summed E-state index contributed by atoms with van der Waals surface area (Å²) < 4.78 is 0. The summed E-state index contributed by atoms with van der Waals surface area (Å²) in [6.07, 6.45) is 0. The number of para-hydroxylation sites is 3. The number of nitrogens with one attached hydrogen (secondary N) is 2. The van der Waals surface area contributed by atoms with E-state index in [4.69, 9.17) is 4.84 Å². The molecule has 0 heterocycles. The number of nitro benzene ring substituents is 1. The van der Waals surface area contributed by atoms with Gasteiger partial charge in [0.05, 0.1) is 4.92 Å². The number of hydroxylamine groups is 1. The molecule has 7 nitrogen and oxygen atoms in total. The Balaban J connectivity index is 1.63. The van der Waals surface area contributed by atoms with Crippen molar-refractivity contribution in [3.8, 4) is 5.75 Å². The molecule has 0 fully saturated rings. The summed E-state index contributed by atoms with van der Waals surface area (Å²) in [4.78, 5) is 27.6. The normalized spacial score (nSPS) is 10.0. The zero-order valence-corrected chi connectivity index (χ0v) is 13.6. The molecule has 2 N–H and O–H groups in total. The van der Waals surface area contributed by atoms with Gasteiger partial charge in [0.25, 0.3) is 5.91 Å². The van der Waals surface area contributed by atoms with Gasteiger partial charge in [-0.25, -0.2) is 0 Å². The highest BCUT2D eigenvalue weighted by Crippen LogP contribution is 2.25. The van der Waals surface area contributed by atoms with Crippen LogP contribution >= 0.6 is 0 Å². The predicted molar refractivity (Wildman–Crippen MR) is 97.4 cm³/mol. The van der Waals surface area contributed by atoms with Crippen LogP contribution in [-0.2, 0) is 0 Å². The van der Waals surface area contributed by atoms with Crippen LogP contribution in [0.2, 0.25) is 0 Å². The Morgan fingerprint density at radius 3 is 2.15 bits per heavy atom. The summed E-state index contributed by atoms with van der Waals surface area (Å²) in [5, 5.41) is 14.1. The molecule has 130 valence electrons. The highest BCUT2D eigenvalue weighted by atomic mass is 16.7. The third-order valence-electron chi connectivity index (χ3n) is 3.53. The Kier molecular flexibility index (Phi) is 5.09. The first-order valence-electron chi connectivity index (χ1n) is 7.76. The van der Waals surface area contributed by atoms with E-state index in [2.05, 4.69) is 10.8 Å². The van der Waals surface area contributed by atoms with Crippen LogP contribution < -0.4 is 15.6 Å². The van der Waals surface area contributed by atoms with E-state index in [1.54, 1.807) is 30.3 Å². The van der Waals surface area contributed by atoms with E-state index in [-0.39, 0.29) is 11.4 Å². The van der Waals surface area contributed by atoms with Gasteiger partial charge in [-0.3, -0.25) is 14.9 Å². The van der Waals surface area contributed by atoms with Gasteiger partial charge in [-0.2, -0.15) is 5.48 Å². The Morgan fingerprint density at radius 1 is 0.846 bits per heavy atom.